The number of thioether (sulfide) groups is 1. The Bertz CT molecular complexity index is 2010. The third kappa shape index (κ3) is 8.98. The molecule has 0 radical (unpaired) electrons. The Labute approximate surface area is 311 Å². The molecule has 276 valence electrons. The first-order valence-corrected chi connectivity index (χ1v) is 19.1. The predicted molar refractivity (Wildman–Crippen MR) is 206 cm³/mol. The highest BCUT2D eigenvalue weighted by Gasteiger charge is 2.33. The Morgan fingerprint density at radius 1 is 1.19 bits per heavy atom. The van der Waals surface area contributed by atoms with Gasteiger partial charge in [-0.25, -0.2) is 9.38 Å². The van der Waals surface area contributed by atoms with Gasteiger partial charge in [0.05, 0.1) is 10.5 Å². The number of rotatable bonds is 7. The fourth-order valence-electron chi connectivity index (χ4n) is 6.55. The molecular weight excluding hydrogens is 705 g/mol. The number of amides is 1. The highest BCUT2D eigenvalue weighted by atomic mass is 32.2. The molecular formula is C39H45F2N5O4S2. The number of nitrogens with one attached hydrogen (secondary N) is 1. The quantitative estimate of drug-likeness (QED) is 0.0979. The van der Waals surface area contributed by atoms with Crippen molar-refractivity contribution in [2.24, 2.45) is 21.1 Å². The van der Waals surface area contributed by atoms with Crippen molar-refractivity contribution in [1.29, 1.82) is 0 Å². The van der Waals surface area contributed by atoms with Crippen molar-refractivity contribution in [1.82, 2.24) is 10.3 Å². The van der Waals surface area contributed by atoms with Crippen LogP contribution in [-0.2, 0) is 27.8 Å². The van der Waals surface area contributed by atoms with E-state index in [4.69, 9.17) is 15.6 Å². The summed E-state index contributed by atoms with van der Waals surface area (Å²) in [4.78, 5) is 41.7. The summed E-state index contributed by atoms with van der Waals surface area (Å²) in [6.07, 6.45) is 5.14. The van der Waals surface area contributed by atoms with Gasteiger partial charge in [-0.05, 0) is 102 Å². The molecule has 0 spiro atoms. The molecule has 0 unspecified atom stereocenters. The van der Waals surface area contributed by atoms with Crippen LogP contribution in [0.5, 0.6) is 5.75 Å². The summed E-state index contributed by atoms with van der Waals surface area (Å²) in [5.41, 5.74) is 10.3. The average Bonchev–Trinajstić information content (AvgIpc) is 3.58. The fourth-order valence-corrected chi connectivity index (χ4v) is 8.88. The molecule has 13 heteroatoms. The molecule has 52 heavy (non-hydrogen) atoms. The number of aliphatic carboxylic acids is 1. The molecule has 1 atom stereocenters. The van der Waals surface area contributed by atoms with Crippen LogP contribution in [0, 0.1) is 18.2 Å². The third-order valence-electron chi connectivity index (χ3n) is 9.58. The third-order valence-corrected chi connectivity index (χ3v) is 12.4. The molecule has 0 saturated heterocycles. The van der Waals surface area contributed by atoms with E-state index in [-0.39, 0.29) is 46.5 Å². The van der Waals surface area contributed by atoms with Gasteiger partial charge in [0.25, 0.3) is 6.41 Å². The number of carboxylic acid groups (broad SMARTS) is 1. The Morgan fingerprint density at radius 2 is 1.98 bits per heavy atom. The molecule has 1 aliphatic heterocycles. The molecule has 1 amide bonds. The van der Waals surface area contributed by atoms with Crippen LogP contribution >= 0.6 is 23.5 Å². The van der Waals surface area contributed by atoms with E-state index in [2.05, 4.69) is 23.8 Å². The molecule has 0 fully saturated rings. The first-order chi connectivity index (χ1) is 24.7. The van der Waals surface area contributed by atoms with E-state index in [1.54, 1.807) is 19.1 Å². The first-order valence-electron chi connectivity index (χ1n) is 17.1. The van der Waals surface area contributed by atoms with Crippen LogP contribution in [-0.4, -0.2) is 58.0 Å². The van der Waals surface area contributed by atoms with Gasteiger partial charge in [-0.1, -0.05) is 60.8 Å². The molecule has 5 rings (SSSR count). The Morgan fingerprint density at radius 3 is 2.71 bits per heavy atom. The maximum Gasteiger partial charge on any atom is 0.303 e. The fraction of sp³-hybridized carbons (Fsp3) is 0.385. The van der Waals surface area contributed by atoms with Gasteiger partial charge >= 0.3 is 5.97 Å². The molecule has 0 aliphatic carbocycles. The molecule has 2 heterocycles. The lowest BCUT2D eigenvalue weighted by Crippen LogP contribution is -2.40. The number of amidine groups is 2. The molecule has 2 bridgehead atoms. The lowest BCUT2D eigenvalue weighted by atomic mass is 9.75. The normalized spacial score (nSPS) is 19.3. The summed E-state index contributed by atoms with van der Waals surface area (Å²) < 4.78 is 30.3. The van der Waals surface area contributed by atoms with Crippen molar-refractivity contribution in [2.45, 2.75) is 81.4 Å². The summed E-state index contributed by atoms with van der Waals surface area (Å²) in [5.74, 6) is 0.777. The van der Waals surface area contributed by atoms with Crippen molar-refractivity contribution >= 4 is 58.5 Å². The largest absolute Gasteiger partial charge is 0.481 e. The number of hydroxylamine groups is 1. The zero-order chi connectivity index (χ0) is 37.6. The summed E-state index contributed by atoms with van der Waals surface area (Å²) in [6.45, 7) is 8.30. The Balaban J connectivity index is 1.67. The van der Waals surface area contributed by atoms with E-state index < -0.39 is 17.2 Å². The highest BCUT2D eigenvalue weighted by Crippen LogP contribution is 2.44. The van der Waals surface area contributed by atoms with Crippen molar-refractivity contribution in [2.75, 3.05) is 18.6 Å². The summed E-state index contributed by atoms with van der Waals surface area (Å²) in [5, 5.41) is 9.87. The average molecular weight is 750 g/mol. The number of fused-ring (bicyclic) bond motifs is 5. The van der Waals surface area contributed by atoms with E-state index in [0.717, 1.165) is 51.9 Å². The second-order valence-electron chi connectivity index (χ2n) is 14.1. The van der Waals surface area contributed by atoms with Crippen LogP contribution in [0.15, 0.2) is 74.5 Å². The standard InChI is InChI=1S/C39H45F2N5O4S2/c1-24-18-30(40)29-20-33(24)52-35-28(27-12-16-44-31(27)21-32(35)50-46(41)23-47)13-17-51-22-38(2,3)14-7-15-39(4,37(42)45-36(29)43-5)26-9-6-8-25(19-26)10-11-34(48)49/h6,8-9,12,16,18-21,23,44H,7,10-11,13-15,17,22H2,1-5H3,(H,48,49)(H2,42,43,45)/t39-/m1/s1. The number of aliphatic imine (C=N–C) groups is 2. The summed E-state index contributed by atoms with van der Waals surface area (Å²) in [7, 11) is 1.54. The lowest BCUT2D eigenvalue weighted by molar-refractivity contribution is -0.200. The van der Waals surface area contributed by atoms with E-state index in [1.165, 1.54) is 24.9 Å². The molecule has 1 aromatic heterocycles. The van der Waals surface area contributed by atoms with Gasteiger partial charge < -0.3 is 20.7 Å². The molecule has 3 aromatic carbocycles. The number of nitrogens with zero attached hydrogens (tertiary/aromatic N) is 3. The number of H-pyrrole nitrogens is 1. The van der Waals surface area contributed by atoms with Crippen molar-refractivity contribution < 1.29 is 28.4 Å². The second-order valence-corrected chi connectivity index (χ2v) is 16.2. The number of halogens is 2. The van der Waals surface area contributed by atoms with Crippen molar-refractivity contribution in [3.05, 3.63) is 88.4 Å². The molecule has 9 nitrogen and oxygen atoms in total. The van der Waals surface area contributed by atoms with Crippen LogP contribution in [0.2, 0.25) is 0 Å². The second kappa shape index (κ2) is 16.5. The summed E-state index contributed by atoms with van der Waals surface area (Å²) in [6, 6.07) is 14.5. The molecule has 1 aliphatic rings. The van der Waals surface area contributed by atoms with Gasteiger partial charge in [-0.15, -0.1) is 0 Å². The van der Waals surface area contributed by atoms with Gasteiger partial charge in [-0.2, -0.15) is 11.8 Å². The number of carbonyl (C=O) groups excluding carboxylic acids is 1. The number of aryl methyl sites for hydroxylation is 3. The summed E-state index contributed by atoms with van der Waals surface area (Å²) >= 11 is 3.13. The number of carbonyl (C=O) groups is 2. The van der Waals surface area contributed by atoms with E-state index in [9.17, 15) is 19.2 Å². The maximum atomic E-state index is 15.9. The van der Waals surface area contributed by atoms with E-state index in [1.807, 2.05) is 55.2 Å². The maximum absolute atomic E-state index is 15.9. The van der Waals surface area contributed by atoms with Gasteiger partial charge in [0, 0.05) is 46.9 Å². The number of carboxylic acids is 1. The molecule has 0 saturated carbocycles. The van der Waals surface area contributed by atoms with Gasteiger partial charge in [0.15, 0.2) is 11.6 Å². The van der Waals surface area contributed by atoms with Gasteiger partial charge in [0.1, 0.15) is 11.7 Å². The first kappa shape index (κ1) is 38.9. The Hall–Kier alpha value is -4.36. The van der Waals surface area contributed by atoms with Crippen LogP contribution in [0.3, 0.4) is 0 Å². The van der Waals surface area contributed by atoms with E-state index >= 15 is 4.39 Å². The number of benzene rings is 3. The minimum absolute atomic E-state index is 0.00651. The zero-order valence-corrected chi connectivity index (χ0v) is 31.7. The molecule has 4 aromatic rings. The number of aromatic nitrogens is 1. The Kier molecular flexibility index (Phi) is 12.4. The smallest absolute Gasteiger partial charge is 0.303 e. The van der Waals surface area contributed by atoms with E-state index in [0.29, 0.717) is 34.6 Å². The number of hydrogen-bond acceptors (Lipinski definition) is 7. The van der Waals surface area contributed by atoms with Gasteiger partial charge in [0.2, 0.25) is 0 Å². The predicted octanol–water partition coefficient (Wildman–Crippen LogP) is 8.60. The number of nitrogens with two attached hydrogens (primary N) is 1. The topological polar surface area (TPSA) is 133 Å². The number of hydrogen-bond donors (Lipinski definition) is 3. The number of aromatic amines is 1. The van der Waals surface area contributed by atoms with Crippen LogP contribution in [0.1, 0.15) is 74.3 Å². The molecule has 4 N–H and O–H groups in total. The van der Waals surface area contributed by atoms with Crippen LogP contribution in [0.25, 0.3) is 10.9 Å². The van der Waals surface area contributed by atoms with Crippen molar-refractivity contribution in [3.63, 3.8) is 0 Å². The lowest BCUT2D eigenvalue weighted by Gasteiger charge is -2.32. The van der Waals surface area contributed by atoms with Crippen LogP contribution < -0.4 is 10.6 Å². The minimum Gasteiger partial charge on any atom is -0.481 e. The van der Waals surface area contributed by atoms with Gasteiger partial charge in [-0.3, -0.25) is 14.6 Å². The minimum atomic E-state index is -0.870. The SMILES string of the molecule is CN=C1N=C(N)[C@@](C)(c2cccc(CCC(=O)O)c2)CCCC(C)(C)CSCCc2c(c(ON(F)C=O)cc3[nH]ccc23)Sc2cc1c(F)cc2C. The van der Waals surface area contributed by atoms with Crippen LogP contribution in [0.4, 0.5) is 8.87 Å². The highest BCUT2D eigenvalue weighted by molar-refractivity contribution is 7.99. The monoisotopic (exact) mass is 749 g/mol. The van der Waals surface area contributed by atoms with Crippen molar-refractivity contribution in [3.8, 4) is 5.75 Å². The zero-order valence-electron chi connectivity index (χ0n) is 30.1.